The molecule has 16 heteroatoms. The Balaban J connectivity index is 1.20. The highest BCUT2D eigenvalue weighted by Crippen LogP contribution is 2.30. The van der Waals surface area contributed by atoms with E-state index in [-0.39, 0.29) is 83.5 Å². The van der Waals surface area contributed by atoms with Gasteiger partial charge < -0.3 is 29.7 Å². The molecular formula is C28H26ClF2N7O6. The molecule has 6 amide bonds. The van der Waals surface area contributed by atoms with Crippen molar-refractivity contribution in [1.82, 2.24) is 30.0 Å². The van der Waals surface area contributed by atoms with Gasteiger partial charge in [-0.2, -0.15) is 4.39 Å². The Labute approximate surface area is 254 Å². The van der Waals surface area contributed by atoms with Crippen LogP contribution in [-0.2, 0) is 16.6 Å². The lowest BCUT2D eigenvalue weighted by Crippen LogP contribution is -2.51. The number of hydrogen-bond acceptors (Lipinski definition) is 7. The molecule has 0 saturated carbocycles. The smallest absolute Gasteiger partial charge is 0.322 e. The fourth-order valence-electron chi connectivity index (χ4n) is 4.95. The quantitative estimate of drug-likeness (QED) is 0.338. The molecule has 2 saturated heterocycles. The number of rotatable bonds is 7. The average molecular weight is 630 g/mol. The van der Waals surface area contributed by atoms with Crippen LogP contribution in [0.25, 0.3) is 11.3 Å². The van der Waals surface area contributed by atoms with Gasteiger partial charge in [0.05, 0.1) is 36.0 Å². The summed E-state index contributed by atoms with van der Waals surface area (Å²) in [5.41, 5.74) is 0.501. The highest BCUT2D eigenvalue weighted by molar-refractivity contribution is 6.34. The van der Waals surface area contributed by atoms with Crippen LogP contribution in [0.4, 0.5) is 19.3 Å². The molecule has 1 atom stereocenters. The Hall–Kier alpha value is -5.05. The van der Waals surface area contributed by atoms with E-state index in [2.05, 4.69) is 20.9 Å². The molecule has 2 aliphatic rings. The standard InChI is InChI=1S/C28H26ClF2N7O6/c1-36-19(16-5-6-20(44-2)23(31)22(16)30)13-32-24(36)26(41)33-14-3-4-15(17(29)11-14)27(42)38-9-7-37(8-10-38)21(39)12-18-25(40)35-28(43)34-18/h3-6,11,13,18H,7-10,12H2,1-2H3,(H,33,41)(H2,34,35,40,43). The first-order valence-corrected chi connectivity index (χ1v) is 13.7. The average Bonchev–Trinajstić information content (AvgIpc) is 3.54. The Morgan fingerprint density at radius 3 is 2.41 bits per heavy atom. The number of ether oxygens (including phenoxy) is 1. The number of aromatic nitrogens is 2. The Morgan fingerprint density at radius 1 is 1.07 bits per heavy atom. The van der Waals surface area contributed by atoms with Crippen molar-refractivity contribution in [1.29, 1.82) is 0 Å². The summed E-state index contributed by atoms with van der Waals surface area (Å²) in [7, 11) is 2.69. The van der Waals surface area contributed by atoms with Crippen LogP contribution in [0.2, 0.25) is 5.02 Å². The van der Waals surface area contributed by atoms with Crippen LogP contribution in [0.1, 0.15) is 27.4 Å². The van der Waals surface area contributed by atoms with E-state index in [1.165, 1.54) is 65.1 Å². The number of amides is 6. The number of imidazole rings is 1. The van der Waals surface area contributed by atoms with Gasteiger partial charge in [-0.1, -0.05) is 11.6 Å². The molecular weight excluding hydrogens is 604 g/mol. The molecule has 13 nitrogen and oxygen atoms in total. The van der Waals surface area contributed by atoms with Gasteiger partial charge in [0, 0.05) is 44.5 Å². The minimum absolute atomic E-state index is 0.0746. The van der Waals surface area contributed by atoms with Crippen LogP contribution in [-0.4, -0.2) is 88.3 Å². The van der Waals surface area contributed by atoms with Crippen molar-refractivity contribution in [3.63, 3.8) is 0 Å². The highest BCUT2D eigenvalue weighted by atomic mass is 35.5. The number of imide groups is 1. The molecule has 5 rings (SSSR count). The number of benzene rings is 2. The molecule has 2 aliphatic heterocycles. The van der Waals surface area contributed by atoms with Crippen molar-refractivity contribution in [2.45, 2.75) is 12.5 Å². The number of hydrogen-bond donors (Lipinski definition) is 3. The van der Waals surface area contributed by atoms with Gasteiger partial charge in [-0.05, 0) is 30.3 Å². The maximum atomic E-state index is 14.6. The Morgan fingerprint density at radius 2 is 1.77 bits per heavy atom. The summed E-state index contributed by atoms with van der Waals surface area (Å²) >= 11 is 6.40. The van der Waals surface area contributed by atoms with Gasteiger partial charge >= 0.3 is 6.03 Å². The lowest BCUT2D eigenvalue weighted by molar-refractivity contribution is -0.135. The van der Waals surface area contributed by atoms with Crippen molar-refractivity contribution in [2.24, 2.45) is 7.05 Å². The van der Waals surface area contributed by atoms with E-state index in [0.717, 1.165) is 0 Å². The Bertz CT molecular complexity index is 1690. The third kappa shape index (κ3) is 5.90. The van der Waals surface area contributed by atoms with Gasteiger partial charge in [-0.3, -0.25) is 24.5 Å². The minimum atomic E-state index is -1.16. The fourth-order valence-corrected chi connectivity index (χ4v) is 5.21. The predicted molar refractivity (Wildman–Crippen MR) is 152 cm³/mol. The van der Waals surface area contributed by atoms with Crippen molar-refractivity contribution < 1.29 is 37.5 Å². The normalized spacial score (nSPS) is 16.4. The highest BCUT2D eigenvalue weighted by Gasteiger charge is 2.34. The summed E-state index contributed by atoms with van der Waals surface area (Å²) in [5, 5.41) is 7.17. The second-order valence-electron chi connectivity index (χ2n) is 10.0. The van der Waals surface area contributed by atoms with Crippen molar-refractivity contribution in [3.8, 4) is 17.0 Å². The van der Waals surface area contributed by atoms with Crippen LogP contribution in [0.3, 0.4) is 0 Å². The largest absolute Gasteiger partial charge is 0.494 e. The predicted octanol–water partition coefficient (Wildman–Crippen LogP) is 2.16. The number of nitrogens with zero attached hydrogens (tertiary/aromatic N) is 4. The third-order valence-corrected chi connectivity index (χ3v) is 7.66. The molecule has 2 fully saturated rings. The first-order chi connectivity index (χ1) is 21.0. The summed E-state index contributed by atoms with van der Waals surface area (Å²) in [6, 6.07) is 5.36. The second kappa shape index (κ2) is 12.3. The topological polar surface area (TPSA) is 155 Å². The van der Waals surface area contributed by atoms with Crippen LogP contribution >= 0.6 is 11.6 Å². The minimum Gasteiger partial charge on any atom is -0.494 e. The maximum absolute atomic E-state index is 14.6. The molecule has 0 spiro atoms. The number of halogens is 3. The molecule has 44 heavy (non-hydrogen) atoms. The number of nitrogens with one attached hydrogen (secondary N) is 3. The summed E-state index contributed by atoms with van der Waals surface area (Å²) in [4.78, 5) is 68.8. The molecule has 3 N–H and O–H groups in total. The van der Waals surface area contributed by atoms with Gasteiger partial charge in [0.1, 0.15) is 6.04 Å². The van der Waals surface area contributed by atoms with E-state index >= 15 is 0 Å². The Kier molecular flexibility index (Phi) is 8.49. The number of piperazine rings is 1. The molecule has 230 valence electrons. The zero-order chi connectivity index (χ0) is 31.7. The van der Waals surface area contributed by atoms with E-state index in [9.17, 15) is 32.8 Å². The van der Waals surface area contributed by atoms with E-state index in [0.29, 0.717) is 0 Å². The van der Waals surface area contributed by atoms with Gasteiger partial charge in [0.25, 0.3) is 17.7 Å². The summed E-state index contributed by atoms with van der Waals surface area (Å²) in [6.07, 6.45) is 1.06. The zero-order valence-corrected chi connectivity index (χ0v) is 24.2. The van der Waals surface area contributed by atoms with Gasteiger partial charge in [-0.25, -0.2) is 14.2 Å². The number of urea groups is 1. The number of carbonyl (C=O) groups excluding carboxylic acids is 5. The SMILES string of the molecule is COc1ccc(-c2cnc(C(=O)Nc3ccc(C(=O)N4CCN(C(=O)CC5NC(=O)NC5=O)CC4)c(Cl)c3)n2C)c(F)c1F. The molecule has 1 unspecified atom stereocenters. The molecule has 1 aromatic heterocycles. The lowest BCUT2D eigenvalue weighted by atomic mass is 10.1. The molecule has 3 aromatic rings. The van der Waals surface area contributed by atoms with Crippen LogP contribution < -0.4 is 20.7 Å². The van der Waals surface area contributed by atoms with E-state index < -0.39 is 35.5 Å². The number of methoxy groups -OCH3 is 1. The van der Waals surface area contributed by atoms with E-state index in [4.69, 9.17) is 16.3 Å². The third-order valence-electron chi connectivity index (χ3n) is 7.35. The van der Waals surface area contributed by atoms with Gasteiger partial charge in [-0.15, -0.1) is 0 Å². The van der Waals surface area contributed by atoms with E-state index in [1.54, 1.807) is 0 Å². The second-order valence-corrected chi connectivity index (χ2v) is 10.4. The number of anilines is 1. The lowest BCUT2D eigenvalue weighted by Gasteiger charge is -2.35. The van der Waals surface area contributed by atoms with Crippen LogP contribution in [0, 0.1) is 11.6 Å². The van der Waals surface area contributed by atoms with E-state index in [1.807, 2.05) is 0 Å². The fraction of sp³-hybridized carbons (Fsp3) is 0.286. The molecule has 0 radical (unpaired) electrons. The molecule has 0 aliphatic carbocycles. The maximum Gasteiger partial charge on any atom is 0.322 e. The van der Waals surface area contributed by atoms with Crippen molar-refractivity contribution in [2.75, 3.05) is 38.6 Å². The van der Waals surface area contributed by atoms with Gasteiger partial charge in [0.15, 0.2) is 17.4 Å². The summed E-state index contributed by atoms with van der Waals surface area (Å²) in [6.45, 7) is 0.917. The molecule has 3 heterocycles. The zero-order valence-electron chi connectivity index (χ0n) is 23.4. The summed E-state index contributed by atoms with van der Waals surface area (Å²) < 4.78 is 35.0. The first kappa shape index (κ1) is 30.4. The number of carbonyl (C=O) groups is 5. The molecule has 0 bridgehead atoms. The first-order valence-electron chi connectivity index (χ1n) is 13.3. The molecule has 2 aromatic carbocycles. The van der Waals surface area contributed by atoms with Gasteiger partial charge in [0.2, 0.25) is 11.7 Å². The summed E-state index contributed by atoms with van der Waals surface area (Å²) in [5.74, 6) is -4.56. The van der Waals surface area contributed by atoms with Crippen LogP contribution in [0.5, 0.6) is 5.75 Å². The van der Waals surface area contributed by atoms with Crippen molar-refractivity contribution in [3.05, 3.63) is 64.6 Å². The van der Waals surface area contributed by atoms with Crippen LogP contribution in [0.15, 0.2) is 36.5 Å². The monoisotopic (exact) mass is 629 g/mol. The van der Waals surface area contributed by atoms with Crippen molar-refractivity contribution >= 4 is 46.9 Å².